The van der Waals surface area contributed by atoms with E-state index in [0.29, 0.717) is 0 Å². The first-order valence-electron chi connectivity index (χ1n) is 2.00. The van der Waals surface area contributed by atoms with Crippen LogP contribution in [0.25, 0.3) is 0 Å². The molecule has 52 valence electrons. The highest BCUT2D eigenvalue weighted by atomic mass is 35.5. The monoisotopic (exact) mass is 186 g/mol. The van der Waals surface area contributed by atoms with Crippen LogP contribution in [0.5, 0.6) is 0 Å². The van der Waals surface area contributed by atoms with E-state index in [9.17, 15) is 0 Å². The average Bonchev–Trinajstić information content (AvgIpc) is 1.39. The highest BCUT2D eigenvalue weighted by Crippen LogP contribution is 1.37. The molecule has 0 aliphatic carbocycles. The molecule has 0 heterocycles. The summed E-state index contributed by atoms with van der Waals surface area (Å²) in [6, 6.07) is 0. The lowest BCUT2D eigenvalue weighted by Crippen LogP contribution is -3.00. The van der Waals surface area contributed by atoms with E-state index < -0.39 is 0 Å². The van der Waals surface area contributed by atoms with E-state index in [0.717, 1.165) is 19.0 Å². The Hall–Kier alpha value is 1.01. The Balaban J connectivity index is -0.0000000160. The Morgan fingerprint density at radius 2 is 0.625 bits per heavy atom. The molecule has 0 aliphatic heterocycles. The van der Waals surface area contributed by atoms with Gasteiger partial charge in [0.15, 0.2) is 0 Å². The Bertz CT molecular complexity index is 14.0. The van der Waals surface area contributed by atoms with Crippen LogP contribution >= 0.6 is 0 Å². The predicted octanol–water partition coefficient (Wildman–Crippen LogP) is -4.42. The first-order valence-corrected chi connectivity index (χ1v) is 6.00. The van der Waals surface area contributed by atoms with Crippen LogP contribution in [0.3, 0.4) is 0 Å². The van der Waals surface area contributed by atoms with Crippen molar-refractivity contribution in [2.45, 2.75) is 26.2 Å². The molecule has 0 saturated heterocycles. The quantitative estimate of drug-likeness (QED) is 0.336. The maximum atomic E-state index is 2.15. The van der Waals surface area contributed by atoms with Crippen molar-refractivity contribution in [2.75, 3.05) is 0 Å². The zero-order valence-corrected chi connectivity index (χ0v) is 9.27. The molecule has 4 radical (unpaired) electrons. The van der Waals surface area contributed by atoms with Gasteiger partial charge in [0.1, 0.15) is 0 Å². The zero-order valence-electron chi connectivity index (χ0n) is 5.76. The van der Waals surface area contributed by atoms with E-state index in [1.54, 1.807) is 0 Å². The van der Waals surface area contributed by atoms with Crippen molar-refractivity contribution in [1.82, 2.24) is 0 Å². The van der Waals surface area contributed by atoms with Crippen molar-refractivity contribution in [3.05, 3.63) is 0 Å². The number of rotatable bonds is 0. The first-order chi connectivity index (χ1) is 2.83. The summed E-state index contributed by atoms with van der Waals surface area (Å²) in [5.74, 6) is 0. The average molecular weight is 187 g/mol. The van der Waals surface area contributed by atoms with Crippen LogP contribution in [0.4, 0.5) is 0 Å². The summed E-state index contributed by atoms with van der Waals surface area (Å²) in [7, 11) is 2.17. The molecule has 0 aromatic rings. The lowest BCUT2D eigenvalue weighted by Gasteiger charge is -1.44. The Morgan fingerprint density at radius 1 is 0.625 bits per heavy atom. The van der Waals surface area contributed by atoms with Gasteiger partial charge < -0.3 is 24.8 Å². The van der Waals surface area contributed by atoms with Gasteiger partial charge >= 0.3 is 0 Å². The van der Waals surface area contributed by atoms with Crippen LogP contribution < -0.4 is 24.8 Å². The van der Waals surface area contributed by atoms with Gasteiger partial charge in [0.05, 0.1) is 0 Å². The second-order valence-corrected chi connectivity index (χ2v) is 3.00. The van der Waals surface area contributed by atoms with Crippen LogP contribution in [0, 0.1) is 0 Å². The maximum Gasteiger partial charge on any atom is 0.0307 e. The van der Waals surface area contributed by atoms with Gasteiger partial charge in [0, 0.05) is 19.0 Å². The molecule has 0 saturated carbocycles. The largest absolute Gasteiger partial charge is 1.00 e. The molecule has 0 rings (SSSR count). The van der Waals surface area contributed by atoms with Crippen LogP contribution in [-0.4, -0.2) is 19.0 Å². The molecule has 0 fully saturated rings. The van der Waals surface area contributed by atoms with Crippen molar-refractivity contribution >= 4 is 19.0 Å². The van der Waals surface area contributed by atoms with E-state index in [2.05, 4.69) is 26.2 Å². The van der Waals surface area contributed by atoms with Crippen molar-refractivity contribution in [2.24, 2.45) is 0 Å². The second-order valence-electron chi connectivity index (χ2n) is 1.00. The van der Waals surface area contributed by atoms with Gasteiger partial charge in [-0.15, -0.1) is 0 Å². The summed E-state index contributed by atoms with van der Waals surface area (Å²) in [5, 5.41) is 0. The Morgan fingerprint density at radius 3 is 0.625 bits per heavy atom. The van der Waals surface area contributed by atoms with E-state index in [-0.39, 0.29) is 24.8 Å². The maximum absolute atomic E-state index is 2.15. The Kier molecular flexibility index (Phi) is 125. The predicted molar refractivity (Wildman–Crippen MR) is 35.0 cm³/mol. The smallest absolute Gasteiger partial charge is 0.0307 e. The minimum absolute atomic E-state index is 0. The summed E-state index contributed by atoms with van der Waals surface area (Å²) in [4.78, 5) is 0. The molecule has 0 unspecified atom stereocenters. The van der Waals surface area contributed by atoms with Gasteiger partial charge in [-0.25, -0.2) is 0 Å². The van der Waals surface area contributed by atoms with Gasteiger partial charge in [-0.05, 0) is 0 Å². The molecule has 0 spiro atoms. The van der Waals surface area contributed by atoms with Crippen molar-refractivity contribution in [3.63, 3.8) is 0 Å². The van der Waals surface area contributed by atoms with Crippen LogP contribution in [0.15, 0.2) is 0 Å². The first kappa shape index (κ1) is 23.0. The van der Waals surface area contributed by atoms with Crippen LogP contribution in [-0.2, 0) is 0 Å². The Labute approximate surface area is 70.3 Å². The molecule has 0 N–H and O–H groups in total. The van der Waals surface area contributed by atoms with Gasteiger partial charge in [0.25, 0.3) is 0 Å². The molecule has 0 aliphatic rings. The summed E-state index contributed by atoms with van der Waals surface area (Å²) < 4.78 is 0. The fraction of sp³-hybridized carbons (Fsp3) is 1.00. The highest BCUT2D eigenvalue weighted by Gasteiger charge is 1.40. The molecule has 0 nitrogen and oxygen atoms in total. The third kappa shape index (κ3) is 247. The minimum atomic E-state index is 0. The highest BCUT2D eigenvalue weighted by molar-refractivity contribution is 6.31. The molecule has 4 heteroatoms. The van der Waals surface area contributed by atoms with E-state index in [4.69, 9.17) is 0 Å². The molecule has 0 aromatic carbocycles. The summed E-state index contributed by atoms with van der Waals surface area (Å²) >= 11 is 0. The SMILES string of the molecule is C[Si]C.C[Si]C.[Cl-].[Cl-]. The third-order valence-electron chi connectivity index (χ3n) is 0. The van der Waals surface area contributed by atoms with Crippen molar-refractivity contribution in [3.8, 4) is 0 Å². The molecule has 0 atom stereocenters. The molecule has 8 heavy (non-hydrogen) atoms. The number of hydrogen-bond donors (Lipinski definition) is 0. The molecular weight excluding hydrogens is 175 g/mol. The number of halogens is 2. The minimum Gasteiger partial charge on any atom is -1.00 e. The van der Waals surface area contributed by atoms with Gasteiger partial charge in [-0.1, -0.05) is 26.2 Å². The zero-order chi connectivity index (χ0) is 5.41. The fourth-order valence-electron chi connectivity index (χ4n) is 0. The summed E-state index contributed by atoms with van der Waals surface area (Å²) in [6.07, 6.45) is 0. The lowest BCUT2D eigenvalue weighted by molar-refractivity contribution is -0.001000. The second kappa shape index (κ2) is 43.4. The van der Waals surface area contributed by atoms with E-state index in [1.807, 2.05) is 0 Å². The molecule has 0 bridgehead atoms. The fourth-order valence-corrected chi connectivity index (χ4v) is 0. The molecule has 0 aromatic heterocycles. The van der Waals surface area contributed by atoms with E-state index in [1.165, 1.54) is 0 Å². The third-order valence-corrected chi connectivity index (χ3v) is 0. The van der Waals surface area contributed by atoms with Crippen LogP contribution in [0.2, 0.25) is 26.2 Å². The number of hydrogen-bond acceptors (Lipinski definition) is 0. The van der Waals surface area contributed by atoms with Gasteiger partial charge in [-0.2, -0.15) is 0 Å². The van der Waals surface area contributed by atoms with Crippen molar-refractivity contribution in [1.29, 1.82) is 0 Å². The van der Waals surface area contributed by atoms with Crippen LogP contribution in [0.1, 0.15) is 0 Å². The topological polar surface area (TPSA) is 0 Å². The van der Waals surface area contributed by atoms with Crippen molar-refractivity contribution < 1.29 is 24.8 Å². The van der Waals surface area contributed by atoms with Gasteiger partial charge in [0.2, 0.25) is 0 Å². The standard InChI is InChI=1S/2C2H6Si.2ClH/c2*1-3-2;;/h2*1-2H3;2*1H/p-2. The normalized spacial score (nSPS) is 4.50. The van der Waals surface area contributed by atoms with Gasteiger partial charge in [-0.3, -0.25) is 0 Å². The summed E-state index contributed by atoms with van der Waals surface area (Å²) in [6.45, 7) is 8.61. The molecular formula is C4H12Cl2Si2-2. The molecule has 0 amide bonds. The van der Waals surface area contributed by atoms with E-state index >= 15 is 0 Å². The summed E-state index contributed by atoms with van der Waals surface area (Å²) in [5.41, 5.74) is 0. The lowest BCUT2D eigenvalue weighted by atomic mass is 11.9.